The van der Waals surface area contributed by atoms with Gasteiger partial charge in [0.05, 0.1) is 11.5 Å². The van der Waals surface area contributed by atoms with Crippen molar-refractivity contribution in [1.29, 1.82) is 5.26 Å². The molecule has 0 saturated carbocycles. The molecular weight excluding hydrogens is 334 g/mol. The summed E-state index contributed by atoms with van der Waals surface area (Å²) in [5.74, 6) is -0.873. The lowest BCUT2D eigenvalue weighted by atomic mass is 9.85. The molecule has 4 N–H and O–H groups in total. The van der Waals surface area contributed by atoms with Crippen molar-refractivity contribution in [3.8, 4) is 11.9 Å². The second kappa shape index (κ2) is 6.80. The van der Waals surface area contributed by atoms with Crippen LogP contribution in [0.25, 0.3) is 0 Å². The molecule has 1 atom stereocenters. The van der Waals surface area contributed by atoms with E-state index in [1.54, 1.807) is 0 Å². The fraction of sp³-hybridized carbons (Fsp3) is 0.278. The zero-order valence-electron chi connectivity index (χ0n) is 14.5. The van der Waals surface area contributed by atoms with Crippen LogP contribution in [0.2, 0.25) is 0 Å². The van der Waals surface area contributed by atoms with Crippen LogP contribution < -0.4 is 26.6 Å². The van der Waals surface area contributed by atoms with Crippen LogP contribution in [0.5, 0.6) is 5.88 Å². The summed E-state index contributed by atoms with van der Waals surface area (Å²) in [6, 6.07) is 9.58. The molecule has 1 aromatic heterocycles. The van der Waals surface area contributed by atoms with Gasteiger partial charge in [0.1, 0.15) is 11.6 Å². The highest BCUT2D eigenvalue weighted by atomic mass is 16.5. The molecule has 0 amide bonds. The molecule has 0 fully saturated rings. The minimum Gasteiger partial charge on any atom is -0.424 e. The van der Waals surface area contributed by atoms with Crippen LogP contribution in [0.1, 0.15) is 30.9 Å². The first-order valence-corrected chi connectivity index (χ1v) is 8.29. The van der Waals surface area contributed by atoms with Crippen LogP contribution >= 0.6 is 0 Å². The average Bonchev–Trinajstić information content (AvgIpc) is 2.62. The fourth-order valence-electron chi connectivity index (χ4n) is 3.19. The van der Waals surface area contributed by atoms with Gasteiger partial charge in [-0.05, 0) is 31.5 Å². The lowest BCUT2D eigenvalue weighted by Crippen LogP contribution is -2.33. The summed E-state index contributed by atoms with van der Waals surface area (Å²) < 4.78 is 5.30. The van der Waals surface area contributed by atoms with E-state index in [0.717, 1.165) is 18.8 Å². The molecule has 134 valence electrons. The maximum absolute atomic E-state index is 12.4. The van der Waals surface area contributed by atoms with Crippen molar-refractivity contribution >= 4 is 5.69 Å². The van der Waals surface area contributed by atoms with E-state index >= 15 is 0 Å². The number of nitriles is 1. The molecule has 1 aliphatic heterocycles. The fourth-order valence-corrected chi connectivity index (χ4v) is 3.19. The van der Waals surface area contributed by atoms with E-state index in [1.807, 2.05) is 30.3 Å². The van der Waals surface area contributed by atoms with Crippen molar-refractivity contribution in [1.82, 2.24) is 9.97 Å². The van der Waals surface area contributed by atoms with Crippen LogP contribution in [0.15, 0.2) is 45.3 Å². The second-order valence-electron chi connectivity index (χ2n) is 5.84. The van der Waals surface area contributed by atoms with Crippen molar-refractivity contribution < 1.29 is 4.74 Å². The molecule has 0 saturated heterocycles. The van der Waals surface area contributed by atoms with Crippen molar-refractivity contribution in [2.24, 2.45) is 5.73 Å². The van der Waals surface area contributed by atoms with E-state index in [4.69, 9.17) is 10.5 Å². The molecule has 0 radical (unpaired) electrons. The molecule has 1 aromatic carbocycles. The number of H-pyrrole nitrogens is 2. The molecule has 2 heterocycles. The van der Waals surface area contributed by atoms with Gasteiger partial charge in [0.25, 0.3) is 5.56 Å². The summed E-state index contributed by atoms with van der Waals surface area (Å²) >= 11 is 0. The standard InChI is InChI=1S/C18H19N5O3/c1-3-23(4-2)11-7-5-10(6-8-11)13-12(9-19)15(20)26-17-14(13)16(24)21-18(25)22-17/h5-8,13H,3-4,20H2,1-2H3,(H2,21,22,24,25)/t13-/m0/s1. The summed E-state index contributed by atoms with van der Waals surface area (Å²) in [5, 5.41) is 9.52. The maximum Gasteiger partial charge on any atom is 0.328 e. The van der Waals surface area contributed by atoms with Gasteiger partial charge in [0.2, 0.25) is 11.8 Å². The average molecular weight is 353 g/mol. The van der Waals surface area contributed by atoms with E-state index in [2.05, 4.69) is 28.7 Å². The van der Waals surface area contributed by atoms with Crippen LogP contribution in [0, 0.1) is 11.3 Å². The Labute approximate surface area is 149 Å². The van der Waals surface area contributed by atoms with Gasteiger partial charge >= 0.3 is 5.69 Å². The Morgan fingerprint density at radius 3 is 2.42 bits per heavy atom. The Bertz CT molecular complexity index is 1010. The first-order valence-electron chi connectivity index (χ1n) is 8.29. The summed E-state index contributed by atoms with van der Waals surface area (Å²) in [6.07, 6.45) is 0. The predicted molar refractivity (Wildman–Crippen MR) is 97.0 cm³/mol. The Hall–Kier alpha value is -3.47. The molecule has 0 unspecified atom stereocenters. The number of nitrogens with zero attached hydrogens (tertiary/aromatic N) is 2. The third-order valence-electron chi connectivity index (χ3n) is 4.47. The Balaban J connectivity index is 2.16. The maximum atomic E-state index is 12.4. The largest absolute Gasteiger partial charge is 0.424 e. The SMILES string of the molecule is CCN(CC)c1ccc([C@H]2C(C#N)=C(N)Oc3[nH]c(=O)[nH]c(=O)c32)cc1. The molecule has 2 aromatic rings. The minimum absolute atomic E-state index is 0.0342. The van der Waals surface area contributed by atoms with Gasteiger partial charge in [-0.15, -0.1) is 0 Å². The first-order chi connectivity index (χ1) is 12.5. The van der Waals surface area contributed by atoms with Crippen molar-refractivity contribution in [3.05, 3.63) is 67.7 Å². The van der Waals surface area contributed by atoms with Gasteiger partial charge in [0.15, 0.2) is 0 Å². The summed E-state index contributed by atoms with van der Waals surface area (Å²) in [4.78, 5) is 30.7. The number of aromatic amines is 2. The number of nitrogens with one attached hydrogen (secondary N) is 2. The van der Waals surface area contributed by atoms with E-state index in [-0.39, 0.29) is 22.9 Å². The Kier molecular flexibility index (Phi) is 4.54. The van der Waals surface area contributed by atoms with E-state index in [0.29, 0.717) is 5.56 Å². The first kappa shape index (κ1) is 17.4. The summed E-state index contributed by atoms with van der Waals surface area (Å²) in [5.41, 5.74) is 6.58. The van der Waals surface area contributed by atoms with Crippen molar-refractivity contribution in [2.45, 2.75) is 19.8 Å². The molecule has 8 nitrogen and oxygen atoms in total. The molecule has 8 heteroatoms. The molecule has 3 rings (SSSR count). The van der Waals surface area contributed by atoms with E-state index in [1.165, 1.54) is 0 Å². The van der Waals surface area contributed by atoms with E-state index < -0.39 is 17.2 Å². The predicted octanol–water partition coefficient (Wildman–Crippen LogP) is 1.13. The number of fused-ring (bicyclic) bond motifs is 1. The molecule has 1 aliphatic rings. The van der Waals surface area contributed by atoms with Crippen LogP contribution in [-0.2, 0) is 0 Å². The number of anilines is 1. The zero-order valence-corrected chi connectivity index (χ0v) is 14.5. The lowest BCUT2D eigenvalue weighted by Gasteiger charge is -2.26. The highest BCUT2D eigenvalue weighted by Gasteiger charge is 2.34. The highest BCUT2D eigenvalue weighted by molar-refractivity contribution is 5.55. The number of hydrogen-bond acceptors (Lipinski definition) is 6. The van der Waals surface area contributed by atoms with Gasteiger partial charge < -0.3 is 15.4 Å². The third kappa shape index (κ3) is 2.84. The second-order valence-corrected chi connectivity index (χ2v) is 5.84. The topological polar surface area (TPSA) is 128 Å². The van der Waals surface area contributed by atoms with Crippen LogP contribution in [0.3, 0.4) is 0 Å². The van der Waals surface area contributed by atoms with E-state index in [9.17, 15) is 14.9 Å². The van der Waals surface area contributed by atoms with Crippen LogP contribution in [0.4, 0.5) is 5.69 Å². The summed E-state index contributed by atoms with van der Waals surface area (Å²) in [6.45, 7) is 5.87. The normalized spacial score (nSPS) is 15.8. The number of benzene rings is 1. The number of rotatable bonds is 4. The third-order valence-corrected chi connectivity index (χ3v) is 4.47. The molecule has 0 aliphatic carbocycles. The lowest BCUT2D eigenvalue weighted by molar-refractivity contribution is 0.373. The Morgan fingerprint density at radius 2 is 1.85 bits per heavy atom. The van der Waals surface area contributed by atoms with Crippen molar-refractivity contribution in [3.63, 3.8) is 0 Å². The van der Waals surface area contributed by atoms with Gasteiger partial charge in [-0.25, -0.2) is 4.79 Å². The van der Waals surface area contributed by atoms with Gasteiger partial charge in [0, 0.05) is 18.8 Å². The summed E-state index contributed by atoms with van der Waals surface area (Å²) in [7, 11) is 0. The van der Waals surface area contributed by atoms with Crippen molar-refractivity contribution in [2.75, 3.05) is 18.0 Å². The van der Waals surface area contributed by atoms with Gasteiger partial charge in [-0.3, -0.25) is 14.8 Å². The minimum atomic E-state index is -0.713. The number of aromatic nitrogens is 2. The molecular formula is C18H19N5O3. The highest BCUT2D eigenvalue weighted by Crippen LogP contribution is 2.38. The number of allylic oxidation sites excluding steroid dienone is 1. The van der Waals surface area contributed by atoms with Gasteiger partial charge in [-0.2, -0.15) is 5.26 Å². The number of ether oxygens (including phenoxy) is 1. The smallest absolute Gasteiger partial charge is 0.328 e. The van der Waals surface area contributed by atoms with Gasteiger partial charge in [-0.1, -0.05) is 12.1 Å². The van der Waals surface area contributed by atoms with Crippen LogP contribution in [-0.4, -0.2) is 23.1 Å². The number of hydrogen-bond donors (Lipinski definition) is 3. The quantitative estimate of drug-likeness (QED) is 0.756. The molecule has 26 heavy (non-hydrogen) atoms. The molecule has 0 bridgehead atoms. The Morgan fingerprint density at radius 1 is 1.19 bits per heavy atom. The molecule has 0 spiro atoms. The zero-order chi connectivity index (χ0) is 18.8. The number of nitrogens with two attached hydrogens (primary N) is 1. The monoisotopic (exact) mass is 353 g/mol.